The van der Waals surface area contributed by atoms with E-state index in [1.165, 1.54) is 11.8 Å². The number of nitrogens with zero attached hydrogens (tertiary/aromatic N) is 2. The maximum atomic E-state index is 12.7. The lowest BCUT2D eigenvalue weighted by Crippen LogP contribution is -2.35. The fourth-order valence-corrected chi connectivity index (χ4v) is 4.24. The Morgan fingerprint density at radius 3 is 2.61 bits per heavy atom. The number of thioether (sulfide) groups is 1. The summed E-state index contributed by atoms with van der Waals surface area (Å²) in [6, 6.07) is 9.32. The van der Waals surface area contributed by atoms with Crippen molar-refractivity contribution in [3.63, 3.8) is 0 Å². The Hall–Kier alpha value is -2.84. The summed E-state index contributed by atoms with van der Waals surface area (Å²) in [6.07, 6.45) is 0.817. The van der Waals surface area contributed by atoms with E-state index in [1.807, 2.05) is 45.9 Å². The molecule has 0 aliphatic heterocycles. The Bertz CT molecular complexity index is 1010. The van der Waals surface area contributed by atoms with Gasteiger partial charge in [-0.3, -0.25) is 4.79 Å². The van der Waals surface area contributed by atoms with Gasteiger partial charge in [0.1, 0.15) is 29.2 Å². The molecular weight excluding hydrogens is 414 g/mol. The van der Waals surface area contributed by atoms with E-state index in [9.17, 15) is 9.90 Å². The molecule has 2 N–H and O–H groups in total. The highest BCUT2D eigenvalue weighted by Gasteiger charge is 2.17. The van der Waals surface area contributed by atoms with Crippen molar-refractivity contribution in [1.29, 1.82) is 0 Å². The highest BCUT2D eigenvalue weighted by atomic mass is 32.2. The molecular formula is C23H27N3O4S. The smallest absolute Gasteiger partial charge is 0.254 e. The van der Waals surface area contributed by atoms with E-state index in [-0.39, 0.29) is 19.1 Å². The first-order valence-corrected chi connectivity index (χ1v) is 11.0. The summed E-state index contributed by atoms with van der Waals surface area (Å²) in [4.78, 5) is 17.0. The molecule has 0 fully saturated rings. The lowest BCUT2D eigenvalue weighted by atomic mass is 10.1. The highest BCUT2D eigenvalue weighted by molar-refractivity contribution is 7.98. The van der Waals surface area contributed by atoms with Gasteiger partial charge in [-0.1, -0.05) is 23.4 Å². The molecule has 0 saturated heterocycles. The number of aliphatic hydroxyl groups is 1. The minimum absolute atomic E-state index is 0.0760. The number of ether oxygens (including phenoxy) is 1. The Labute approximate surface area is 186 Å². The zero-order valence-electron chi connectivity index (χ0n) is 18.1. The molecule has 2 aromatic heterocycles. The van der Waals surface area contributed by atoms with Crippen LogP contribution in [-0.2, 0) is 5.75 Å². The number of hydrogen-bond donors (Lipinski definition) is 2. The molecule has 3 rings (SSSR count). The number of rotatable bonds is 9. The number of pyridine rings is 1. The summed E-state index contributed by atoms with van der Waals surface area (Å²) in [5, 5.41) is 17.6. The van der Waals surface area contributed by atoms with E-state index < -0.39 is 6.10 Å². The summed E-state index contributed by atoms with van der Waals surface area (Å²) in [5.41, 5.74) is 4.31. The van der Waals surface area contributed by atoms with Crippen LogP contribution in [0.4, 0.5) is 0 Å². The Balaban J connectivity index is 1.55. The van der Waals surface area contributed by atoms with E-state index in [0.717, 1.165) is 33.9 Å². The third-order valence-corrected chi connectivity index (χ3v) is 5.91. The fraction of sp³-hybridized carbons (Fsp3) is 0.348. The highest BCUT2D eigenvalue weighted by Crippen LogP contribution is 2.27. The van der Waals surface area contributed by atoms with Gasteiger partial charge in [-0.25, -0.2) is 4.98 Å². The number of carbonyl (C=O) groups excluding carboxylic acids is 1. The topological polar surface area (TPSA) is 97.5 Å². The van der Waals surface area contributed by atoms with Crippen molar-refractivity contribution in [1.82, 2.24) is 15.5 Å². The average Bonchev–Trinajstić information content (AvgIpc) is 3.07. The molecule has 0 bridgehead atoms. The third-order valence-electron chi connectivity index (χ3n) is 4.88. The maximum absolute atomic E-state index is 12.7. The van der Waals surface area contributed by atoms with Crippen molar-refractivity contribution < 1.29 is 19.2 Å². The molecule has 0 unspecified atom stereocenters. The van der Waals surface area contributed by atoms with E-state index in [1.54, 1.807) is 18.3 Å². The zero-order valence-corrected chi connectivity index (χ0v) is 19.0. The van der Waals surface area contributed by atoms with Crippen LogP contribution in [0, 0.1) is 27.7 Å². The Kier molecular flexibility index (Phi) is 7.70. The van der Waals surface area contributed by atoms with Gasteiger partial charge < -0.3 is 19.7 Å². The standard InChI is InChI=1S/C23H27N3O4S/c1-14-7-5-8-15(2)21(14)29-12-18(27)11-25-22(28)19-9-6-10-24-23(19)31-13-20-16(3)26-30-17(20)4/h5-10,18,27H,11-13H2,1-4H3,(H,25,28)/t18-/m1/s1. The van der Waals surface area contributed by atoms with Crippen LogP contribution in [0.15, 0.2) is 46.1 Å². The molecule has 0 saturated carbocycles. The molecule has 2 heterocycles. The Morgan fingerprint density at radius 2 is 1.94 bits per heavy atom. The summed E-state index contributed by atoms with van der Waals surface area (Å²) in [6.45, 7) is 7.84. The van der Waals surface area contributed by atoms with Gasteiger partial charge in [0.2, 0.25) is 0 Å². The normalized spacial score (nSPS) is 11.9. The van der Waals surface area contributed by atoms with Gasteiger partial charge in [-0.2, -0.15) is 0 Å². The van der Waals surface area contributed by atoms with Gasteiger partial charge in [0.15, 0.2) is 0 Å². The molecule has 0 spiro atoms. The average molecular weight is 442 g/mol. The van der Waals surface area contributed by atoms with Crippen molar-refractivity contribution in [3.8, 4) is 5.75 Å². The molecule has 0 aliphatic rings. The van der Waals surface area contributed by atoms with Gasteiger partial charge >= 0.3 is 0 Å². The number of aryl methyl sites for hydroxylation is 4. The SMILES string of the molecule is Cc1cccc(C)c1OC[C@H](O)CNC(=O)c1cccnc1SCc1c(C)noc1C. The van der Waals surface area contributed by atoms with Gasteiger partial charge in [0.05, 0.1) is 11.3 Å². The first kappa shape index (κ1) is 22.8. The molecule has 1 atom stereocenters. The lowest BCUT2D eigenvalue weighted by Gasteiger charge is -2.16. The number of aliphatic hydroxyl groups excluding tert-OH is 1. The molecule has 8 heteroatoms. The third kappa shape index (κ3) is 5.86. The number of aromatic nitrogens is 2. The van der Waals surface area contributed by atoms with Gasteiger partial charge in [-0.05, 0) is 51.0 Å². The quantitative estimate of drug-likeness (QED) is 0.488. The summed E-state index contributed by atoms with van der Waals surface area (Å²) in [7, 11) is 0. The molecule has 1 amide bonds. The summed E-state index contributed by atoms with van der Waals surface area (Å²) < 4.78 is 11.0. The van der Waals surface area contributed by atoms with Crippen molar-refractivity contribution in [3.05, 3.63) is 70.2 Å². The second kappa shape index (κ2) is 10.5. The number of nitrogens with one attached hydrogen (secondary N) is 1. The van der Waals surface area contributed by atoms with Gasteiger partial charge in [0, 0.05) is 24.1 Å². The van der Waals surface area contributed by atoms with Crippen LogP contribution in [0.5, 0.6) is 5.75 Å². The second-order valence-electron chi connectivity index (χ2n) is 7.34. The zero-order chi connectivity index (χ0) is 22.4. The molecule has 1 aromatic carbocycles. The van der Waals surface area contributed by atoms with Crippen molar-refractivity contribution in [2.75, 3.05) is 13.2 Å². The number of hydrogen-bond acceptors (Lipinski definition) is 7. The monoisotopic (exact) mass is 441 g/mol. The van der Waals surface area contributed by atoms with Crippen LogP contribution in [0.2, 0.25) is 0 Å². The summed E-state index contributed by atoms with van der Waals surface area (Å²) >= 11 is 1.45. The molecule has 7 nitrogen and oxygen atoms in total. The van der Waals surface area contributed by atoms with Crippen molar-refractivity contribution in [2.24, 2.45) is 0 Å². The lowest BCUT2D eigenvalue weighted by molar-refractivity contribution is 0.0838. The van der Waals surface area contributed by atoms with Crippen LogP contribution in [0.25, 0.3) is 0 Å². The van der Waals surface area contributed by atoms with Crippen LogP contribution >= 0.6 is 11.8 Å². The second-order valence-corrected chi connectivity index (χ2v) is 8.31. The van der Waals surface area contributed by atoms with E-state index in [4.69, 9.17) is 9.26 Å². The van der Waals surface area contributed by atoms with Gasteiger partial charge in [-0.15, -0.1) is 11.8 Å². The van der Waals surface area contributed by atoms with Gasteiger partial charge in [0.25, 0.3) is 5.91 Å². The molecule has 0 aliphatic carbocycles. The van der Waals surface area contributed by atoms with Crippen LogP contribution in [-0.4, -0.2) is 40.4 Å². The van der Waals surface area contributed by atoms with E-state index in [0.29, 0.717) is 16.3 Å². The van der Waals surface area contributed by atoms with Crippen LogP contribution in [0.3, 0.4) is 0 Å². The number of para-hydroxylation sites is 1. The first-order valence-electron chi connectivity index (χ1n) is 10.0. The Morgan fingerprint density at radius 1 is 1.19 bits per heavy atom. The van der Waals surface area contributed by atoms with Crippen molar-refractivity contribution in [2.45, 2.75) is 44.6 Å². The predicted octanol–water partition coefficient (Wildman–Crippen LogP) is 3.77. The summed E-state index contributed by atoms with van der Waals surface area (Å²) in [5.74, 6) is 1.84. The minimum atomic E-state index is -0.835. The largest absolute Gasteiger partial charge is 0.490 e. The first-order chi connectivity index (χ1) is 14.9. The molecule has 0 radical (unpaired) electrons. The number of carbonyl (C=O) groups is 1. The molecule has 3 aromatic rings. The van der Waals surface area contributed by atoms with Crippen molar-refractivity contribution >= 4 is 17.7 Å². The number of benzene rings is 1. The molecule has 164 valence electrons. The van der Waals surface area contributed by atoms with E-state index >= 15 is 0 Å². The van der Waals surface area contributed by atoms with Crippen LogP contribution < -0.4 is 10.1 Å². The van der Waals surface area contributed by atoms with Crippen LogP contribution in [0.1, 0.15) is 38.5 Å². The fourth-order valence-electron chi connectivity index (χ4n) is 3.10. The minimum Gasteiger partial charge on any atom is -0.490 e. The number of amides is 1. The van der Waals surface area contributed by atoms with E-state index in [2.05, 4.69) is 15.5 Å². The maximum Gasteiger partial charge on any atom is 0.254 e. The molecule has 31 heavy (non-hydrogen) atoms. The predicted molar refractivity (Wildman–Crippen MR) is 120 cm³/mol.